The van der Waals surface area contributed by atoms with Crippen molar-refractivity contribution in [2.45, 2.75) is 19.4 Å². The fourth-order valence-corrected chi connectivity index (χ4v) is 2.53. The summed E-state index contributed by atoms with van der Waals surface area (Å²) in [6.45, 7) is 1.61. The lowest BCUT2D eigenvalue weighted by Gasteiger charge is -2.28. The lowest BCUT2D eigenvalue weighted by Crippen LogP contribution is -2.21. The normalized spacial score (nSPS) is 17.2. The van der Waals surface area contributed by atoms with Gasteiger partial charge in [-0.05, 0) is 13.0 Å². The van der Waals surface area contributed by atoms with Crippen LogP contribution in [0.15, 0.2) is 30.3 Å². The molecular weight excluding hydrogens is 272 g/mol. The molecule has 21 heavy (non-hydrogen) atoms. The van der Waals surface area contributed by atoms with Gasteiger partial charge in [-0.2, -0.15) is 0 Å². The number of carbonyl (C=O) groups is 1. The van der Waals surface area contributed by atoms with Gasteiger partial charge in [0.1, 0.15) is 34.7 Å². The highest BCUT2D eigenvalue weighted by Crippen LogP contribution is 2.45. The van der Waals surface area contributed by atoms with Gasteiger partial charge in [-0.25, -0.2) is 0 Å². The van der Waals surface area contributed by atoms with E-state index >= 15 is 0 Å². The number of aromatic hydroxyl groups is 3. The molecular formula is C16H14O5. The summed E-state index contributed by atoms with van der Waals surface area (Å²) < 4.78 is 5.76. The monoisotopic (exact) mass is 286 g/mol. The van der Waals surface area contributed by atoms with Crippen LogP contribution in [-0.2, 0) is 0 Å². The van der Waals surface area contributed by atoms with Crippen LogP contribution in [0.25, 0.3) is 0 Å². The Morgan fingerprint density at radius 2 is 1.81 bits per heavy atom. The zero-order valence-electron chi connectivity index (χ0n) is 11.3. The van der Waals surface area contributed by atoms with Crippen molar-refractivity contribution in [1.82, 2.24) is 0 Å². The lowest BCUT2D eigenvalue weighted by molar-refractivity contribution is 0.0840. The van der Waals surface area contributed by atoms with Gasteiger partial charge in [0.15, 0.2) is 5.78 Å². The van der Waals surface area contributed by atoms with E-state index < -0.39 is 6.10 Å². The molecule has 0 spiro atoms. The van der Waals surface area contributed by atoms with Crippen LogP contribution in [0.5, 0.6) is 23.0 Å². The van der Waals surface area contributed by atoms with Crippen LogP contribution in [0, 0.1) is 6.92 Å². The third-order valence-electron chi connectivity index (χ3n) is 3.67. The van der Waals surface area contributed by atoms with Crippen molar-refractivity contribution >= 4 is 5.78 Å². The number of carbonyl (C=O) groups excluding carboxylic acids is 1. The number of rotatable bonds is 1. The molecule has 5 heteroatoms. The van der Waals surface area contributed by atoms with Crippen LogP contribution < -0.4 is 4.74 Å². The van der Waals surface area contributed by atoms with E-state index in [0.29, 0.717) is 11.1 Å². The maximum Gasteiger partial charge on any atom is 0.174 e. The van der Waals surface area contributed by atoms with Gasteiger partial charge in [-0.15, -0.1) is 0 Å². The maximum atomic E-state index is 12.3. The van der Waals surface area contributed by atoms with E-state index in [-0.39, 0.29) is 40.8 Å². The molecule has 0 aromatic heterocycles. The largest absolute Gasteiger partial charge is 0.508 e. The highest BCUT2D eigenvalue weighted by Gasteiger charge is 2.33. The number of para-hydroxylation sites is 1. The molecule has 0 unspecified atom stereocenters. The SMILES string of the molecule is Cc1c(O)cc(O)c2c1O[C@H](c1ccccc1O)CC2=O. The number of phenolic OH excluding ortho intramolecular Hbond substituents is 3. The van der Waals surface area contributed by atoms with Gasteiger partial charge in [-0.3, -0.25) is 4.79 Å². The number of Topliss-reactive ketones (excluding diaryl/α,β-unsaturated/α-hetero) is 1. The van der Waals surface area contributed by atoms with Gasteiger partial charge in [0.05, 0.1) is 6.42 Å². The van der Waals surface area contributed by atoms with E-state index in [0.717, 1.165) is 6.07 Å². The van der Waals surface area contributed by atoms with Crippen molar-refractivity contribution in [3.8, 4) is 23.0 Å². The molecule has 0 saturated carbocycles. The van der Waals surface area contributed by atoms with Gasteiger partial charge >= 0.3 is 0 Å². The van der Waals surface area contributed by atoms with Crippen molar-refractivity contribution < 1.29 is 24.9 Å². The van der Waals surface area contributed by atoms with Crippen LogP contribution in [0.3, 0.4) is 0 Å². The van der Waals surface area contributed by atoms with E-state index in [4.69, 9.17) is 4.74 Å². The summed E-state index contributed by atoms with van der Waals surface area (Å²) in [5, 5.41) is 29.5. The molecule has 5 nitrogen and oxygen atoms in total. The van der Waals surface area contributed by atoms with Gasteiger partial charge in [0.2, 0.25) is 0 Å². The smallest absolute Gasteiger partial charge is 0.174 e. The molecule has 3 N–H and O–H groups in total. The molecule has 3 rings (SSSR count). The molecule has 0 radical (unpaired) electrons. The second kappa shape index (κ2) is 4.70. The maximum absolute atomic E-state index is 12.3. The van der Waals surface area contributed by atoms with Crippen molar-refractivity contribution in [3.63, 3.8) is 0 Å². The Labute approximate surface area is 121 Å². The molecule has 0 amide bonds. The molecule has 1 aliphatic rings. The van der Waals surface area contributed by atoms with Crippen LogP contribution in [0.4, 0.5) is 0 Å². The average molecular weight is 286 g/mol. The number of hydrogen-bond donors (Lipinski definition) is 3. The molecule has 2 aromatic carbocycles. The van der Waals surface area contributed by atoms with E-state index in [1.165, 1.54) is 6.07 Å². The van der Waals surface area contributed by atoms with Gasteiger partial charge < -0.3 is 20.1 Å². The average Bonchev–Trinajstić information content (AvgIpc) is 2.44. The Morgan fingerprint density at radius 3 is 2.52 bits per heavy atom. The summed E-state index contributed by atoms with van der Waals surface area (Å²) in [7, 11) is 0. The summed E-state index contributed by atoms with van der Waals surface area (Å²) in [6, 6.07) is 7.75. The topological polar surface area (TPSA) is 87.0 Å². The van der Waals surface area contributed by atoms with E-state index in [1.54, 1.807) is 25.1 Å². The molecule has 0 fully saturated rings. The first-order valence-electron chi connectivity index (χ1n) is 6.52. The van der Waals surface area contributed by atoms with Crippen LogP contribution in [0.2, 0.25) is 0 Å². The first kappa shape index (κ1) is 13.3. The van der Waals surface area contributed by atoms with Crippen molar-refractivity contribution in [3.05, 3.63) is 47.0 Å². The third kappa shape index (κ3) is 2.07. The molecule has 1 heterocycles. The molecule has 108 valence electrons. The molecule has 0 bridgehead atoms. The minimum atomic E-state index is -0.647. The Hall–Kier alpha value is -2.69. The van der Waals surface area contributed by atoms with Crippen LogP contribution in [0.1, 0.15) is 34.0 Å². The second-order valence-corrected chi connectivity index (χ2v) is 5.04. The highest BCUT2D eigenvalue weighted by atomic mass is 16.5. The minimum absolute atomic E-state index is 0.0162. The first-order valence-corrected chi connectivity index (χ1v) is 6.52. The van der Waals surface area contributed by atoms with Crippen LogP contribution >= 0.6 is 0 Å². The highest BCUT2D eigenvalue weighted by molar-refractivity contribution is 6.03. The molecule has 0 aliphatic carbocycles. The number of benzene rings is 2. The van der Waals surface area contributed by atoms with E-state index in [2.05, 4.69) is 0 Å². The Bertz CT molecular complexity index is 736. The summed E-state index contributed by atoms with van der Waals surface area (Å²) in [5.41, 5.74) is 0.965. The molecule has 1 aliphatic heterocycles. The summed E-state index contributed by atoms with van der Waals surface area (Å²) in [5.74, 6) is -0.520. The minimum Gasteiger partial charge on any atom is -0.508 e. The van der Waals surface area contributed by atoms with Gasteiger partial charge in [0.25, 0.3) is 0 Å². The molecule has 0 saturated heterocycles. The molecule has 2 aromatic rings. The lowest BCUT2D eigenvalue weighted by atomic mass is 9.93. The number of phenols is 3. The number of ether oxygens (including phenoxy) is 1. The summed E-state index contributed by atoms with van der Waals surface area (Å²) >= 11 is 0. The van der Waals surface area contributed by atoms with Gasteiger partial charge in [0, 0.05) is 17.2 Å². The van der Waals surface area contributed by atoms with Crippen molar-refractivity contribution in [1.29, 1.82) is 0 Å². The Morgan fingerprint density at radius 1 is 1.10 bits per heavy atom. The number of fused-ring (bicyclic) bond motifs is 1. The quantitative estimate of drug-likeness (QED) is 0.750. The summed E-state index contributed by atoms with van der Waals surface area (Å²) in [4.78, 5) is 12.3. The Balaban J connectivity index is 2.11. The standard InChI is InChI=1S/C16H14O5/c1-8-11(18)6-12(19)15-13(20)7-14(21-16(8)15)9-4-2-3-5-10(9)17/h2-6,14,17-19H,7H2,1H3/t14-/m0/s1. The number of hydrogen-bond acceptors (Lipinski definition) is 5. The summed E-state index contributed by atoms with van der Waals surface area (Å²) in [6.07, 6.45) is -0.631. The third-order valence-corrected chi connectivity index (χ3v) is 3.67. The van der Waals surface area contributed by atoms with Crippen LogP contribution in [-0.4, -0.2) is 21.1 Å². The Kier molecular flexibility index (Phi) is 2.97. The first-order chi connectivity index (χ1) is 9.99. The molecule has 1 atom stereocenters. The fraction of sp³-hybridized carbons (Fsp3) is 0.188. The van der Waals surface area contributed by atoms with E-state index in [9.17, 15) is 20.1 Å². The number of ketones is 1. The zero-order chi connectivity index (χ0) is 15.1. The zero-order valence-corrected chi connectivity index (χ0v) is 11.3. The van der Waals surface area contributed by atoms with E-state index in [1.807, 2.05) is 0 Å². The van der Waals surface area contributed by atoms with Gasteiger partial charge in [-0.1, -0.05) is 18.2 Å². The predicted molar refractivity (Wildman–Crippen MR) is 74.9 cm³/mol. The van der Waals surface area contributed by atoms with Crippen molar-refractivity contribution in [2.75, 3.05) is 0 Å². The second-order valence-electron chi connectivity index (χ2n) is 5.04. The predicted octanol–water partition coefficient (Wildman–Crippen LogP) is 2.82. The fourth-order valence-electron chi connectivity index (χ4n) is 2.53. The van der Waals surface area contributed by atoms with Crippen molar-refractivity contribution in [2.24, 2.45) is 0 Å².